The Labute approximate surface area is 111 Å². The Kier molecular flexibility index (Phi) is 5.20. The molecule has 0 atom stereocenters. The average molecular weight is 309 g/mol. The summed E-state index contributed by atoms with van der Waals surface area (Å²) in [5.74, 6) is 4.82. The van der Waals surface area contributed by atoms with Crippen LogP contribution in [0.4, 0.5) is 5.69 Å². The Hall–Kier alpha value is -1.27. The van der Waals surface area contributed by atoms with Crippen LogP contribution in [-0.4, -0.2) is 41.2 Å². The van der Waals surface area contributed by atoms with Crippen LogP contribution in [0.25, 0.3) is 0 Å². The summed E-state index contributed by atoms with van der Waals surface area (Å²) in [5.41, 5.74) is 2.40. The zero-order chi connectivity index (χ0) is 14.5. The van der Waals surface area contributed by atoms with Gasteiger partial charge in [0.15, 0.2) is 0 Å². The van der Waals surface area contributed by atoms with Gasteiger partial charge in [-0.2, -0.15) is 0 Å². The molecule has 0 saturated carbocycles. The number of sulfonamides is 2. The van der Waals surface area contributed by atoms with E-state index in [2.05, 4.69) is 19.9 Å². The van der Waals surface area contributed by atoms with Crippen LogP contribution in [-0.2, 0) is 20.0 Å². The smallest absolute Gasteiger partial charge is 0.244 e. The zero-order valence-electron chi connectivity index (χ0n) is 10.1. The number of nitrogens with zero attached hydrogens (tertiary/aromatic N) is 1. The quantitative estimate of drug-likeness (QED) is 0.343. The first-order chi connectivity index (χ1) is 8.82. The fourth-order valence-electron chi connectivity index (χ4n) is 1.20. The van der Waals surface area contributed by atoms with Crippen molar-refractivity contribution < 1.29 is 16.8 Å². The van der Waals surface area contributed by atoms with E-state index in [1.54, 1.807) is 0 Å². The molecule has 0 unspecified atom stereocenters. The lowest BCUT2D eigenvalue weighted by Gasteiger charge is -2.10. The van der Waals surface area contributed by atoms with Gasteiger partial charge >= 0.3 is 0 Å². The van der Waals surface area contributed by atoms with E-state index < -0.39 is 20.0 Å². The summed E-state index contributed by atoms with van der Waals surface area (Å²) in [6.45, 7) is -0.260. The van der Waals surface area contributed by atoms with E-state index in [0.29, 0.717) is 0 Å². The van der Waals surface area contributed by atoms with Crippen molar-refractivity contribution >= 4 is 25.7 Å². The van der Waals surface area contributed by atoms with Crippen molar-refractivity contribution in [2.75, 3.05) is 24.8 Å². The van der Waals surface area contributed by atoms with Crippen molar-refractivity contribution in [2.45, 2.75) is 4.90 Å². The van der Waals surface area contributed by atoms with Gasteiger partial charge in [0.1, 0.15) is 4.90 Å². The Balaban J connectivity index is 2.82. The molecule has 1 heterocycles. The summed E-state index contributed by atoms with van der Waals surface area (Å²) in [5, 5.41) is 0. The highest BCUT2D eigenvalue weighted by atomic mass is 32.2. The third-order valence-electron chi connectivity index (χ3n) is 2.20. The van der Waals surface area contributed by atoms with Gasteiger partial charge < -0.3 is 5.43 Å². The minimum absolute atomic E-state index is 0.153. The summed E-state index contributed by atoms with van der Waals surface area (Å²) in [4.78, 5) is 3.53. The van der Waals surface area contributed by atoms with Crippen LogP contribution in [0.3, 0.4) is 0 Å². The molecule has 0 aromatic carbocycles. The van der Waals surface area contributed by atoms with Gasteiger partial charge in [-0.3, -0.25) is 10.8 Å². The van der Waals surface area contributed by atoms with Gasteiger partial charge in [0, 0.05) is 18.9 Å². The number of rotatable bonds is 7. The van der Waals surface area contributed by atoms with Crippen LogP contribution in [0.15, 0.2) is 23.4 Å². The number of nitrogen functional groups attached to an aromatic ring is 1. The van der Waals surface area contributed by atoms with Gasteiger partial charge in [-0.1, -0.05) is 0 Å². The van der Waals surface area contributed by atoms with E-state index in [1.807, 2.05) is 0 Å². The molecular weight excluding hydrogens is 294 g/mol. The first-order valence-electron chi connectivity index (χ1n) is 5.14. The lowest BCUT2D eigenvalue weighted by atomic mass is 10.4. The van der Waals surface area contributed by atoms with E-state index in [4.69, 9.17) is 5.84 Å². The Morgan fingerprint density at radius 2 is 2.00 bits per heavy atom. The van der Waals surface area contributed by atoms with E-state index in [1.165, 1.54) is 19.3 Å². The number of hydrogen-bond acceptors (Lipinski definition) is 7. The molecular formula is C8H15N5O4S2. The van der Waals surface area contributed by atoms with Crippen molar-refractivity contribution in [2.24, 2.45) is 5.84 Å². The standard InChI is InChI=1S/C8H15N5O4S2/c1-10-18(14,15)5-4-12-19(16,17)8-6-11-3-2-7(8)13-9/h2-3,6,10,12H,4-5,9H2,1H3,(H,11,13). The summed E-state index contributed by atoms with van der Waals surface area (Å²) >= 11 is 0. The van der Waals surface area contributed by atoms with Gasteiger partial charge in [0.2, 0.25) is 20.0 Å². The van der Waals surface area contributed by atoms with E-state index in [9.17, 15) is 16.8 Å². The molecule has 1 rings (SSSR count). The molecule has 9 nitrogen and oxygen atoms in total. The molecule has 0 spiro atoms. The molecule has 0 fully saturated rings. The second-order valence-electron chi connectivity index (χ2n) is 3.44. The third kappa shape index (κ3) is 4.40. The SMILES string of the molecule is CNS(=O)(=O)CCNS(=O)(=O)c1cnccc1NN. The zero-order valence-corrected chi connectivity index (χ0v) is 11.8. The van der Waals surface area contributed by atoms with Crippen LogP contribution in [0.5, 0.6) is 0 Å². The normalized spacial score (nSPS) is 12.3. The summed E-state index contributed by atoms with van der Waals surface area (Å²) < 4.78 is 50.4. The first-order valence-corrected chi connectivity index (χ1v) is 8.27. The van der Waals surface area contributed by atoms with Gasteiger partial charge in [-0.25, -0.2) is 26.3 Å². The van der Waals surface area contributed by atoms with Gasteiger partial charge in [-0.15, -0.1) is 0 Å². The topological polar surface area (TPSA) is 143 Å². The van der Waals surface area contributed by atoms with Crippen molar-refractivity contribution in [3.8, 4) is 0 Å². The van der Waals surface area contributed by atoms with Crippen molar-refractivity contribution in [1.29, 1.82) is 0 Å². The number of nitrogens with one attached hydrogen (secondary N) is 3. The minimum Gasteiger partial charge on any atom is -0.323 e. The van der Waals surface area contributed by atoms with E-state index >= 15 is 0 Å². The number of hydrazine groups is 1. The van der Waals surface area contributed by atoms with Crippen LogP contribution >= 0.6 is 0 Å². The average Bonchev–Trinajstić information content (AvgIpc) is 2.38. The van der Waals surface area contributed by atoms with Crippen LogP contribution in [0, 0.1) is 0 Å². The second-order valence-corrected chi connectivity index (χ2v) is 7.22. The number of pyridine rings is 1. The highest BCUT2D eigenvalue weighted by Crippen LogP contribution is 2.17. The summed E-state index contributed by atoms with van der Waals surface area (Å²) in [7, 11) is -6.10. The minimum atomic E-state index is -3.88. The fraction of sp³-hybridized carbons (Fsp3) is 0.375. The van der Waals surface area contributed by atoms with E-state index in [0.717, 1.165) is 6.20 Å². The predicted octanol–water partition coefficient (Wildman–Crippen LogP) is -1.81. The van der Waals surface area contributed by atoms with Gasteiger partial charge in [0.25, 0.3) is 0 Å². The molecule has 1 aromatic rings. The van der Waals surface area contributed by atoms with Crippen LogP contribution in [0.1, 0.15) is 0 Å². The maximum Gasteiger partial charge on any atom is 0.244 e. The molecule has 19 heavy (non-hydrogen) atoms. The Bertz CT molecular complexity index is 628. The molecule has 0 aliphatic carbocycles. The monoisotopic (exact) mass is 309 g/mol. The molecule has 11 heteroatoms. The molecule has 1 aromatic heterocycles. The lowest BCUT2D eigenvalue weighted by molar-refractivity contribution is 0.578. The Morgan fingerprint density at radius 3 is 2.58 bits per heavy atom. The number of hydrogen-bond donors (Lipinski definition) is 4. The van der Waals surface area contributed by atoms with Gasteiger partial charge in [-0.05, 0) is 13.1 Å². The molecule has 0 bridgehead atoms. The van der Waals surface area contributed by atoms with Crippen molar-refractivity contribution in [3.05, 3.63) is 18.5 Å². The molecule has 0 saturated heterocycles. The number of nitrogens with two attached hydrogens (primary N) is 1. The van der Waals surface area contributed by atoms with Crippen molar-refractivity contribution in [1.82, 2.24) is 14.4 Å². The highest BCUT2D eigenvalue weighted by molar-refractivity contribution is 7.90. The Morgan fingerprint density at radius 1 is 1.32 bits per heavy atom. The van der Waals surface area contributed by atoms with E-state index in [-0.39, 0.29) is 22.9 Å². The molecule has 0 radical (unpaired) electrons. The molecule has 0 aliphatic heterocycles. The van der Waals surface area contributed by atoms with Crippen molar-refractivity contribution in [3.63, 3.8) is 0 Å². The predicted molar refractivity (Wildman–Crippen MR) is 70.1 cm³/mol. The molecule has 108 valence electrons. The lowest BCUT2D eigenvalue weighted by Crippen LogP contribution is -2.33. The number of anilines is 1. The first kappa shape index (κ1) is 15.8. The van der Waals surface area contributed by atoms with Crippen LogP contribution in [0.2, 0.25) is 0 Å². The largest absolute Gasteiger partial charge is 0.323 e. The molecule has 5 N–H and O–H groups in total. The number of aromatic nitrogens is 1. The third-order valence-corrected chi connectivity index (χ3v) is 5.06. The molecule has 0 amide bonds. The maximum atomic E-state index is 11.9. The highest BCUT2D eigenvalue weighted by Gasteiger charge is 2.19. The molecule has 0 aliphatic rings. The summed E-state index contributed by atoms with van der Waals surface area (Å²) in [6.07, 6.45) is 2.49. The summed E-state index contributed by atoms with van der Waals surface area (Å²) in [6, 6.07) is 1.39. The maximum absolute atomic E-state index is 11.9. The van der Waals surface area contributed by atoms with Crippen LogP contribution < -0.4 is 20.7 Å². The van der Waals surface area contributed by atoms with Gasteiger partial charge in [0.05, 0.1) is 11.4 Å². The second kappa shape index (κ2) is 6.25. The fourth-order valence-corrected chi connectivity index (χ4v) is 3.05.